The van der Waals surface area contributed by atoms with E-state index < -0.39 is 0 Å². The van der Waals surface area contributed by atoms with Crippen LogP contribution in [0.5, 0.6) is 0 Å². The minimum atomic E-state index is -0.245. The lowest BCUT2D eigenvalue weighted by atomic mass is 10.0. The van der Waals surface area contributed by atoms with Crippen LogP contribution in [0.4, 0.5) is 10.1 Å². The number of piperazine rings is 1. The number of rotatable bonds is 6. The maximum absolute atomic E-state index is 13.7. The predicted octanol–water partition coefficient (Wildman–Crippen LogP) is 3.77. The van der Waals surface area contributed by atoms with Crippen LogP contribution in [0.1, 0.15) is 23.0 Å². The van der Waals surface area contributed by atoms with Gasteiger partial charge in [-0.3, -0.25) is 4.90 Å². The minimum absolute atomic E-state index is 0.146. The van der Waals surface area contributed by atoms with E-state index >= 15 is 0 Å². The molecule has 4 aromatic rings. The van der Waals surface area contributed by atoms with Gasteiger partial charge in [0.1, 0.15) is 5.82 Å². The standard InChI is InChI=1S/C25H25FN6/c26-22-13-11-21(12-14-22)24(25-27-28-29-32(25)19-20-7-3-1-4-8-20)31-17-15-30(16-18-31)23-9-5-2-6-10-23/h1-14,24H,15-19H2/t24-/m1/s1. The third kappa shape index (κ3) is 4.38. The highest BCUT2D eigenvalue weighted by molar-refractivity contribution is 5.46. The van der Waals surface area contributed by atoms with Crippen LogP contribution in [0.2, 0.25) is 0 Å². The monoisotopic (exact) mass is 428 g/mol. The molecule has 0 aliphatic carbocycles. The molecule has 1 aliphatic heterocycles. The second kappa shape index (κ2) is 9.28. The van der Waals surface area contributed by atoms with Gasteiger partial charge in [0, 0.05) is 31.9 Å². The molecule has 1 aliphatic rings. The van der Waals surface area contributed by atoms with Gasteiger partial charge in [0.05, 0.1) is 12.6 Å². The lowest BCUT2D eigenvalue weighted by molar-refractivity contribution is 0.201. The summed E-state index contributed by atoms with van der Waals surface area (Å²) in [5, 5.41) is 12.7. The van der Waals surface area contributed by atoms with E-state index in [1.807, 2.05) is 41.1 Å². The molecule has 6 nitrogen and oxygen atoms in total. The number of para-hydroxylation sites is 1. The van der Waals surface area contributed by atoms with Crippen molar-refractivity contribution in [1.82, 2.24) is 25.1 Å². The summed E-state index contributed by atoms with van der Waals surface area (Å²) >= 11 is 0. The van der Waals surface area contributed by atoms with E-state index in [0.717, 1.165) is 43.1 Å². The second-order valence-electron chi connectivity index (χ2n) is 7.99. The van der Waals surface area contributed by atoms with Crippen molar-refractivity contribution in [2.24, 2.45) is 0 Å². The Morgan fingerprint density at radius 3 is 2.12 bits per heavy atom. The van der Waals surface area contributed by atoms with Crippen LogP contribution in [0.25, 0.3) is 0 Å². The van der Waals surface area contributed by atoms with Crippen LogP contribution in [-0.2, 0) is 6.54 Å². The highest BCUT2D eigenvalue weighted by Crippen LogP contribution is 2.29. The third-order valence-corrected chi connectivity index (χ3v) is 5.97. The van der Waals surface area contributed by atoms with E-state index in [-0.39, 0.29) is 11.9 Å². The number of halogens is 1. The number of hydrogen-bond donors (Lipinski definition) is 0. The maximum atomic E-state index is 13.7. The SMILES string of the molecule is Fc1ccc([C@H](c2nnnn2Cc2ccccc2)N2CCN(c3ccccc3)CC2)cc1. The number of hydrogen-bond acceptors (Lipinski definition) is 5. The van der Waals surface area contributed by atoms with Crippen LogP contribution in [0.15, 0.2) is 84.9 Å². The largest absolute Gasteiger partial charge is 0.369 e. The van der Waals surface area contributed by atoms with Crippen LogP contribution < -0.4 is 4.90 Å². The Morgan fingerprint density at radius 1 is 0.781 bits per heavy atom. The van der Waals surface area contributed by atoms with Gasteiger partial charge in [-0.15, -0.1) is 5.10 Å². The number of nitrogens with zero attached hydrogens (tertiary/aromatic N) is 6. The topological polar surface area (TPSA) is 50.1 Å². The molecule has 1 aromatic heterocycles. The molecule has 0 amide bonds. The van der Waals surface area contributed by atoms with E-state index in [1.54, 1.807) is 0 Å². The van der Waals surface area contributed by atoms with Crippen molar-refractivity contribution in [1.29, 1.82) is 0 Å². The quantitative estimate of drug-likeness (QED) is 0.468. The van der Waals surface area contributed by atoms with Crippen LogP contribution in [0, 0.1) is 5.82 Å². The van der Waals surface area contributed by atoms with Crippen molar-refractivity contribution in [3.8, 4) is 0 Å². The van der Waals surface area contributed by atoms with Crippen molar-refractivity contribution < 1.29 is 4.39 Å². The van der Waals surface area contributed by atoms with Crippen molar-refractivity contribution in [2.45, 2.75) is 12.6 Å². The first-order valence-electron chi connectivity index (χ1n) is 10.9. The lowest BCUT2D eigenvalue weighted by Gasteiger charge is -2.39. The van der Waals surface area contributed by atoms with E-state index in [2.05, 4.69) is 61.7 Å². The Hall–Kier alpha value is -3.58. The molecule has 162 valence electrons. The fraction of sp³-hybridized carbons (Fsp3) is 0.240. The first-order chi connectivity index (χ1) is 15.8. The zero-order valence-corrected chi connectivity index (χ0v) is 17.8. The normalized spacial score (nSPS) is 15.6. The molecule has 0 bridgehead atoms. The molecule has 1 atom stereocenters. The maximum Gasteiger partial charge on any atom is 0.173 e. The molecule has 32 heavy (non-hydrogen) atoms. The van der Waals surface area contributed by atoms with Gasteiger partial charge in [0.15, 0.2) is 5.82 Å². The zero-order valence-electron chi connectivity index (χ0n) is 17.8. The molecule has 0 saturated carbocycles. The molecule has 7 heteroatoms. The minimum Gasteiger partial charge on any atom is -0.369 e. The molecule has 1 saturated heterocycles. The smallest absolute Gasteiger partial charge is 0.173 e. The first kappa shape index (κ1) is 20.3. The number of anilines is 1. The summed E-state index contributed by atoms with van der Waals surface area (Å²) in [5.74, 6) is 0.527. The predicted molar refractivity (Wildman–Crippen MR) is 122 cm³/mol. The molecule has 2 heterocycles. The second-order valence-corrected chi connectivity index (χ2v) is 7.99. The zero-order chi connectivity index (χ0) is 21.8. The van der Waals surface area contributed by atoms with Gasteiger partial charge in [-0.25, -0.2) is 9.07 Å². The number of aromatic nitrogens is 4. The molecule has 0 spiro atoms. The summed E-state index contributed by atoms with van der Waals surface area (Å²) in [6.07, 6.45) is 0. The lowest BCUT2D eigenvalue weighted by Crippen LogP contribution is -2.48. The van der Waals surface area contributed by atoms with E-state index in [9.17, 15) is 4.39 Å². The van der Waals surface area contributed by atoms with Crippen LogP contribution in [-0.4, -0.2) is 51.3 Å². The van der Waals surface area contributed by atoms with Gasteiger partial charge in [0.25, 0.3) is 0 Å². The highest BCUT2D eigenvalue weighted by atomic mass is 19.1. The Kier molecular flexibility index (Phi) is 5.89. The van der Waals surface area contributed by atoms with E-state index in [4.69, 9.17) is 0 Å². The molecule has 1 fully saturated rings. The van der Waals surface area contributed by atoms with Gasteiger partial charge in [-0.1, -0.05) is 60.7 Å². The van der Waals surface area contributed by atoms with Gasteiger partial charge >= 0.3 is 0 Å². The summed E-state index contributed by atoms with van der Waals surface area (Å²) in [4.78, 5) is 4.78. The Morgan fingerprint density at radius 2 is 1.44 bits per heavy atom. The highest BCUT2D eigenvalue weighted by Gasteiger charge is 2.30. The summed E-state index contributed by atoms with van der Waals surface area (Å²) in [6, 6.07) is 27.2. The van der Waals surface area contributed by atoms with Gasteiger partial charge in [-0.2, -0.15) is 0 Å². The van der Waals surface area contributed by atoms with Crippen molar-refractivity contribution >= 4 is 5.69 Å². The van der Waals surface area contributed by atoms with Gasteiger partial charge in [-0.05, 0) is 45.8 Å². The molecule has 5 rings (SSSR count). The fourth-order valence-corrected chi connectivity index (χ4v) is 4.32. The molecule has 3 aromatic carbocycles. The number of benzene rings is 3. The average molecular weight is 429 g/mol. The first-order valence-corrected chi connectivity index (χ1v) is 10.9. The Balaban J connectivity index is 1.43. The van der Waals surface area contributed by atoms with Gasteiger partial charge < -0.3 is 4.90 Å². The molecular formula is C25H25FN6. The molecule has 0 radical (unpaired) electrons. The molecule has 0 N–H and O–H groups in total. The van der Waals surface area contributed by atoms with Crippen molar-refractivity contribution in [3.63, 3.8) is 0 Å². The fourth-order valence-electron chi connectivity index (χ4n) is 4.32. The average Bonchev–Trinajstić information content (AvgIpc) is 3.30. The summed E-state index contributed by atoms with van der Waals surface area (Å²) in [6.45, 7) is 4.11. The van der Waals surface area contributed by atoms with Crippen molar-refractivity contribution in [3.05, 3.63) is 108 Å². The van der Waals surface area contributed by atoms with Crippen LogP contribution in [0.3, 0.4) is 0 Å². The van der Waals surface area contributed by atoms with Crippen LogP contribution >= 0.6 is 0 Å². The summed E-state index contributed by atoms with van der Waals surface area (Å²) in [7, 11) is 0. The summed E-state index contributed by atoms with van der Waals surface area (Å²) in [5.41, 5.74) is 3.36. The Bertz CT molecular complexity index is 1120. The summed E-state index contributed by atoms with van der Waals surface area (Å²) < 4.78 is 15.5. The van der Waals surface area contributed by atoms with E-state index in [0.29, 0.717) is 6.54 Å². The van der Waals surface area contributed by atoms with Gasteiger partial charge in [0.2, 0.25) is 0 Å². The molecular weight excluding hydrogens is 403 g/mol. The third-order valence-electron chi connectivity index (χ3n) is 5.97. The van der Waals surface area contributed by atoms with Crippen molar-refractivity contribution in [2.75, 3.05) is 31.1 Å². The Labute approximate surface area is 186 Å². The number of tetrazole rings is 1. The van der Waals surface area contributed by atoms with E-state index in [1.165, 1.54) is 17.8 Å². The molecule has 0 unspecified atom stereocenters.